The first-order valence-electron chi connectivity index (χ1n) is 5.78. The van der Waals surface area contributed by atoms with E-state index in [0.717, 1.165) is 29.0 Å². The van der Waals surface area contributed by atoms with Crippen LogP contribution >= 0.6 is 11.3 Å². The zero-order chi connectivity index (χ0) is 12.1. The number of hydrogen-bond donors (Lipinski definition) is 3. The average Bonchev–Trinajstić information content (AvgIpc) is 2.81. The molecule has 0 unspecified atom stereocenters. The summed E-state index contributed by atoms with van der Waals surface area (Å²) in [6.45, 7) is 4.30. The molecular weight excluding hydrogens is 234 g/mol. The van der Waals surface area contributed by atoms with E-state index in [1.807, 2.05) is 11.4 Å². The lowest BCUT2D eigenvalue weighted by molar-refractivity contribution is 0.963. The largest absolute Gasteiger partial charge is 0.369 e. The summed E-state index contributed by atoms with van der Waals surface area (Å²) in [5.41, 5.74) is 6.43. The number of nitrogens with zero attached hydrogens (tertiary/aromatic N) is 2. The summed E-state index contributed by atoms with van der Waals surface area (Å²) in [6.07, 6.45) is 1.07. The normalized spacial score (nSPS) is 10.7. The van der Waals surface area contributed by atoms with Gasteiger partial charge in [-0.3, -0.25) is 0 Å². The lowest BCUT2D eigenvalue weighted by atomic mass is 10.4. The molecular formula is C11H17N5S. The molecule has 2 rings (SSSR count). The van der Waals surface area contributed by atoms with Gasteiger partial charge in [-0.15, -0.1) is 11.3 Å². The summed E-state index contributed by atoms with van der Waals surface area (Å²) < 4.78 is 1.11. The smallest absolute Gasteiger partial charge is 0.225 e. The number of hydrogen-bond acceptors (Lipinski definition) is 6. The van der Waals surface area contributed by atoms with Crippen LogP contribution in [0.3, 0.4) is 0 Å². The van der Waals surface area contributed by atoms with Crippen molar-refractivity contribution in [3.8, 4) is 0 Å². The molecule has 4 N–H and O–H groups in total. The number of thiophene rings is 1. The van der Waals surface area contributed by atoms with Crippen LogP contribution in [0.2, 0.25) is 0 Å². The fraction of sp³-hybridized carbons (Fsp3) is 0.455. The summed E-state index contributed by atoms with van der Waals surface area (Å²) in [7, 11) is 0. The van der Waals surface area contributed by atoms with Gasteiger partial charge in [0.05, 0.1) is 10.2 Å². The van der Waals surface area contributed by atoms with E-state index in [1.165, 1.54) is 0 Å². The van der Waals surface area contributed by atoms with Gasteiger partial charge in [0.2, 0.25) is 5.95 Å². The van der Waals surface area contributed by atoms with Gasteiger partial charge in [-0.2, -0.15) is 4.98 Å². The maximum Gasteiger partial charge on any atom is 0.225 e. The second kappa shape index (κ2) is 5.79. The first-order valence-corrected chi connectivity index (χ1v) is 6.66. The molecule has 0 bridgehead atoms. The third-order valence-electron chi connectivity index (χ3n) is 2.27. The Morgan fingerprint density at radius 1 is 1.29 bits per heavy atom. The molecule has 2 aromatic heterocycles. The lowest BCUT2D eigenvalue weighted by Crippen LogP contribution is -2.15. The van der Waals surface area contributed by atoms with E-state index in [4.69, 9.17) is 5.73 Å². The van der Waals surface area contributed by atoms with E-state index in [-0.39, 0.29) is 0 Å². The van der Waals surface area contributed by atoms with Gasteiger partial charge >= 0.3 is 0 Å². The Kier molecular flexibility index (Phi) is 4.11. The highest BCUT2D eigenvalue weighted by molar-refractivity contribution is 7.17. The van der Waals surface area contributed by atoms with Crippen LogP contribution in [0.4, 0.5) is 11.8 Å². The Balaban J connectivity index is 2.29. The average molecular weight is 251 g/mol. The van der Waals surface area contributed by atoms with Crippen molar-refractivity contribution in [1.29, 1.82) is 0 Å². The van der Waals surface area contributed by atoms with Crippen LogP contribution in [-0.4, -0.2) is 29.6 Å². The molecule has 0 radical (unpaired) electrons. The zero-order valence-corrected chi connectivity index (χ0v) is 10.7. The van der Waals surface area contributed by atoms with E-state index in [0.29, 0.717) is 19.0 Å². The van der Waals surface area contributed by atoms with Gasteiger partial charge in [0.1, 0.15) is 5.82 Å². The Labute approximate surface area is 104 Å². The molecule has 0 aromatic carbocycles. The highest BCUT2D eigenvalue weighted by Gasteiger charge is 2.07. The van der Waals surface area contributed by atoms with Crippen LogP contribution in [0.15, 0.2) is 11.4 Å². The monoisotopic (exact) mass is 251 g/mol. The molecule has 2 heterocycles. The fourth-order valence-electron chi connectivity index (χ4n) is 1.49. The number of aromatic nitrogens is 2. The Morgan fingerprint density at radius 3 is 2.94 bits per heavy atom. The highest BCUT2D eigenvalue weighted by atomic mass is 32.1. The minimum absolute atomic E-state index is 0.572. The van der Waals surface area contributed by atoms with Crippen LogP contribution in [-0.2, 0) is 0 Å². The van der Waals surface area contributed by atoms with Crippen LogP contribution in [0.25, 0.3) is 10.2 Å². The minimum atomic E-state index is 0.572. The Bertz CT molecular complexity index is 482. The molecule has 0 spiro atoms. The molecule has 5 nitrogen and oxygen atoms in total. The maximum absolute atomic E-state index is 5.46. The molecule has 0 fully saturated rings. The van der Waals surface area contributed by atoms with Crippen LogP contribution < -0.4 is 16.4 Å². The van der Waals surface area contributed by atoms with Crippen molar-refractivity contribution in [2.75, 3.05) is 30.3 Å². The highest BCUT2D eigenvalue weighted by Crippen LogP contribution is 2.27. The van der Waals surface area contributed by atoms with Crippen molar-refractivity contribution in [3.63, 3.8) is 0 Å². The van der Waals surface area contributed by atoms with Crippen molar-refractivity contribution in [2.45, 2.75) is 13.3 Å². The third-order valence-corrected chi connectivity index (χ3v) is 3.18. The molecule has 0 saturated carbocycles. The number of nitrogens with one attached hydrogen (secondary N) is 2. The fourth-order valence-corrected chi connectivity index (χ4v) is 2.29. The quantitative estimate of drug-likeness (QED) is 0.731. The van der Waals surface area contributed by atoms with Gasteiger partial charge < -0.3 is 16.4 Å². The van der Waals surface area contributed by atoms with E-state index < -0.39 is 0 Å². The lowest BCUT2D eigenvalue weighted by Gasteiger charge is -2.08. The molecule has 0 amide bonds. The van der Waals surface area contributed by atoms with Crippen molar-refractivity contribution in [3.05, 3.63) is 11.4 Å². The third kappa shape index (κ3) is 2.83. The van der Waals surface area contributed by atoms with Gasteiger partial charge in [0.25, 0.3) is 0 Å². The molecule has 17 heavy (non-hydrogen) atoms. The predicted octanol–water partition coefficient (Wildman–Crippen LogP) is 1.88. The zero-order valence-electron chi connectivity index (χ0n) is 9.86. The molecule has 2 aromatic rings. The van der Waals surface area contributed by atoms with Crippen molar-refractivity contribution < 1.29 is 0 Å². The molecule has 0 atom stereocenters. The van der Waals surface area contributed by atoms with Gasteiger partial charge in [-0.1, -0.05) is 6.92 Å². The Morgan fingerprint density at radius 2 is 2.18 bits per heavy atom. The van der Waals surface area contributed by atoms with Crippen LogP contribution in [0.5, 0.6) is 0 Å². The van der Waals surface area contributed by atoms with E-state index in [1.54, 1.807) is 11.3 Å². The first-order chi connectivity index (χ1) is 8.35. The number of rotatable bonds is 6. The van der Waals surface area contributed by atoms with Crippen molar-refractivity contribution in [2.24, 2.45) is 5.73 Å². The Hall–Kier alpha value is -1.40. The summed E-state index contributed by atoms with van der Waals surface area (Å²) in [4.78, 5) is 8.90. The molecule has 6 heteroatoms. The van der Waals surface area contributed by atoms with Gasteiger partial charge in [0.15, 0.2) is 0 Å². The van der Waals surface area contributed by atoms with Crippen LogP contribution in [0.1, 0.15) is 13.3 Å². The predicted molar refractivity (Wildman–Crippen MR) is 73.7 cm³/mol. The topological polar surface area (TPSA) is 75.9 Å². The summed E-state index contributed by atoms with van der Waals surface area (Å²) in [5.74, 6) is 1.55. The van der Waals surface area contributed by atoms with Crippen molar-refractivity contribution in [1.82, 2.24) is 9.97 Å². The number of anilines is 2. The molecule has 0 aliphatic carbocycles. The molecule has 0 saturated heterocycles. The molecule has 92 valence electrons. The molecule has 0 aliphatic heterocycles. The number of nitrogens with two attached hydrogens (primary N) is 1. The summed E-state index contributed by atoms with van der Waals surface area (Å²) >= 11 is 1.66. The van der Waals surface area contributed by atoms with E-state index in [9.17, 15) is 0 Å². The number of fused-ring (bicyclic) bond motifs is 1. The second-order valence-corrected chi connectivity index (χ2v) is 4.59. The second-order valence-electron chi connectivity index (χ2n) is 3.67. The van der Waals surface area contributed by atoms with Crippen LogP contribution in [0, 0.1) is 0 Å². The van der Waals surface area contributed by atoms with Crippen molar-refractivity contribution >= 4 is 33.3 Å². The first kappa shape index (κ1) is 12.1. The summed E-state index contributed by atoms with van der Waals surface area (Å²) in [5, 5.41) is 8.47. The standard InChI is InChI=1S/C11H17N5S/c1-2-5-13-10-9-8(3-7-17-9)15-11(16-10)14-6-4-12/h3,7H,2,4-6,12H2,1H3,(H2,13,14,15,16). The van der Waals surface area contributed by atoms with Gasteiger partial charge in [0, 0.05) is 19.6 Å². The molecule has 0 aliphatic rings. The SMILES string of the molecule is CCCNc1nc(NCCN)nc2ccsc12. The van der Waals surface area contributed by atoms with Gasteiger partial charge in [-0.25, -0.2) is 4.98 Å². The minimum Gasteiger partial charge on any atom is -0.369 e. The van der Waals surface area contributed by atoms with Gasteiger partial charge in [-0.05, 0) is 17.9 Å². The van der Waals surface area contributed by atoms with E-state index >= 15 is 0 Å². The van der Waals surface area contributed by atoms with E-state index in [2.05, 4.69) is 27.5 Å². The maximum atomic E-state index is 5.46. The summed E-state index contributed by atoms with van der Waals surface area (Å²) in [6, 6.07) is 2.01.